The highest BCUT2D eigenvalue weighted by molar-refractivity contribution is 5.85. The first-order valence-electron chi connectivity index (χ1n) is 10.0. The van der Waals surface area contributed by atoms with Crippen LogP contribution < -0.4 is 5.32 Å². The predicted molar refractivity (Wildman–Crippen MR) is 104 cm³/mol. The van der Waals surface area contributed by atoms with Crippen LogP contribution in [0.2, 0.25) is 0 Å². The Labute approximate surface area is 170 Å². The van der Waals surface area contributed by atoms with Crippen LogP contribution in [-0.2, 0) is 11.8 Å². The lowest BCUT2D eigenvalue weighted by Gasteiger charge is -2.34. The molecule has 3 fully saturated rings. The van der Waals surface area contributed by atoms with Crippen LogP contribution in [0.4, 0.5) is 0 Å². The SMILES string of the molecule is Cl.Cn1cc([C@H]2CNC[C@@H]2C(=O)N2CCCC(c3noc(C4CC4)n3)C2)cn1. The van der Waals surface area contributed by atoms with Gasteiger partial charge in [-0.05, 0) is 31.2 Å². The van der Waals surface area contributed by atoms with Crippen molar-refractivity contribution in [2.45, 2.75) is 43.4 Å². The Morgan fingerprint density at radius 3 is 2.86 bits per heavy atom. The lowest BCUT2D eigenvalue weighted by atomic mass is 9.88. The lowest BCUT2D eigenvalue weighted by Crippen LogP contribution is -2.44. The van der Waals surface area contributed by atoms with Crippen molar-refractivity contribution in [3.63, 3.8) is 0 Å². The molecular formula is C19H27ClN6O2. The number of nitrogens with one attached hydrogen (secondary N) is 1. The number of carbonyl (C=O) groups excluding carboxylic acids is 1. The zero-order valence-corrected chi connectivity index (χ0v) is 16.9. The molecule has 2 aromatic heterocycles. The summed E-state index contributed by atoms with van der Waals surface area (Å²) in [5, 5.41) is 11.9. The van der Waals surface area contributed by atoms with E-state index in [0.717, 1.165) is 62.6 Å². The maximum absolute atomic E-state index is 13.3. The van der Waals surface area contributed by atoms with Gasteiger partial charge in [-0.1, -0.05) is 5.16 Å². The average Bonchev–Trinajstić information content (AvgIpc) is 3.10. The lowest BCUT2D eigenvalue weighted by molar-refractivity contribution is -0.136. The number of hydrogen-bond donors (Lipinski definition) is 1. The molecule has 3 atom stereocenters. The first kappa shape index (κ1) is 19.4. The third kappa shape index (κ3) is 3.67. The van der Waals surface area contributed by atoms with Gasteiger partial charge in [0.05, 0.1) is 12.1 Å². The highest BCUT2D eigenvalue weighted by Gasteiger charge is 2.39. The largest absolute Gasteiger partial charge is 0.342 e. The average molecular weight is 407 g/mol. The molecule has 0 spiro atoms. The van der Waals surface area contributed by atoms with Gasteiger partial charge in [-0.15, -0.1) is 12.4 Å². The van der Waals surface area contributed by atoms with Crippen LogP contribution in [0.3, 0.4) is 0 Å². The molecule has 2 aliphatic heterocycles. The third-order valence-corrected chi connectivity index (χ3v) is 6.17. The van der Waals surface area contributed by atoms with Gasteiger partial charge in [-0.3, -0.25) is 9.48 Å². The molecule has 0 aromatic carbocycles. The maximum Gasteiger partial charge on any atom is 0.229 e. The number of aromatic nitrogens is 4. The second-order valence-electron chi connectivity index (χ2n) is 8.21. The minimum atomic E-state index is -0.0276. The van der Waals surface area contributed by atoms with E-state index in [4.69, 9.17) is 4.52 Å². The molecule has 9 heteroatoms. The van der Waals surface area contributed by atoms with E-state index in [0.29, 0.717) is 12.5 Å². The number of nitrogens with zero attached hydrogens (tertiary/aromatic N) is 5. The molecule has 2 aromatic rings. The van der Waals surface area contributed by atoms with Crippen LogP contribution in [-0.4, -0.2) is 56.9 Å². The molecule has 152 valence electrons. The van der Waals surface area contributed by atoms with Gasteiger partial charge in [0, 0.05) is 57.2 Å². The van der Waals surface area contributed by atoms with Crippen molar-refractivity contribution in [1.82, 2.24) is 30.1 Å². The van der Waals surface area contributed by atoms with Crippen LogP contribution in [0, 0.1) is 5.92 Å². The molecule has 1 amide bonds. The van der Waals surface area contributed by atoms with E-state index in [1.165, 1.54) is 0 Å². The summed E-state index contributed by atoms with van der Waals surface area (Å²) in [6, 6.07) is 0. The number of halogens is 1. The van der Waals surface area contributed by atoms with E-state index >= 15 is 0 Å². The minimum absolute atomic E-state index is 0. The summed E-state index contributed by atoms with van der Waals surface area (Å²) in [7, 11) is 1.92. The molecule has 2 saturated heterocycles. The Bertz CT molecular complexity index is 832. The second-order valence-corrected chi connectivity index (χ2v) is 8.21. The Morgan fingerprint density at radius 1 is 1.25 bits per heavy atom. The molecule has 0 bridgehead atoms. The van der Waals surface area contributed by atoms with Crippen molar-refractivity contribution in [1.29, 1.82) is 0 Å². The minimum Gasteiger partial charge on any atom is -0.342 e. The summed E-state index contributed by atoms with van der Waals surface area (Å²) in [5.41, 5.74) is 1.14. The number of aryl methyl sites for hydroxylation is 1. The van der Waals surface area contributed by atoms with Crippen molar-refractivity contribution in [3.8, 4) is 0 Å². The summed E-state index contributed by atoms with van der Waals surface area (Å²) in [6.45, 7) is 3.07. The van der Waals surface area contributed by atoms with Crippen molar-refractivity contribution in [2.24, 2.45) is 13.0 Å². The first-order valence-corrected chi connectivity index (χ1v) is 10.0. The fraction of sp³-hybridized carbons (Fsp3) is 0.684. The summed E-state index contributed by atoms with van der Waals surface area (Å²) in [6.07, 6.45) is 8.22. The molecule has 1 unspecified atom stereocenters. The van der Waals surface area contributed by atoms with Crippen LogP contribution >= 0.6 is 12.4 Å². The number of likely N-dealkylation sites (tertiary alicyclic amines) is 1. The van der Waals surface area contributed by atoms with Crippen LogP contribution in [0.25, 0.3) is 0 Å². The molecular weight excluding hydrogens is 380 g/mol. The van der Waals surface area contributed by atoms with Gasteiger partial charge in [-0.25, -0.2) is 0 Å². The van der Waals surface area contributed by atoms with Crippen LogP contribution in [0.15, 0.2) is 16.9 Å². The normalized spacial score (nSPS) is 27.6. The monoisotopic (exact) mass is 406 g/mol. The van der Waals surface area contributed by atoms with Gasteiger partial charge in [0.2, 0.25) is 11.8 Å². The molecule has 8 nitrogen and oxygen atoms in total. The fourth-order valence-corrected chi connectivity index (χ4v) is 4.45. The fourth-order valence-electron chi connectivity index (χ4n) is 4.45. The smallest absolute Gasteiger partial charge is 0.229 e. The molecule has 4 heterocycles. The Morgan fingerprint density at radius 2 is 2.11 bits per heavy atom. The number of hydrogen-bond acceptors (Lipinski definition) is 6. The summed E-state index contributed by atoms with van der Waals surface area (Å²) in [4.78, 5) is 19.9. The second kappa shape index (κ2) is 7.83. The standard InChI is InChI=1S/C19H26N6O2.ClH/c1-24-10-14(7-21-24)15-8-20-9-16(15)19(26)25-6-2-3-13(11-25)17-22-18(27-23-17)12-4-5-12;/h7,10,12-13,15-16,20H,2-6,8-9,11H2,1H3;1H/t13?,15-,16+;/m1./s1. The van der Waals surface area contributed by atoms with Gasteiger partial charge in [0.25, 0.3) is 0 Å². The molecule has 1 aliphatic carbocycles. The van der Waals surface area contributed by atoms with E-state index < -0.39 is 0 Å². The van der Waals surface area contributed by atoms with E-state index in [1.807, 2.05) is 24.3 Å². The third-order valence-electron chi connectivity index (χ3n) is 6.17. The van der Waals surface area contributed by atoms with E-state index in [9.17, 15) is 4.79 Å². The maximum atomic E-state index is 13.3. The number of rotatable bonds is 4. The van der Waals surface area contributed by atoms with Crippen molar-refractivity contribution in [2.75, 3.05) is 26.2 Å². The summed E-state index contributed by atoms with van der Waals surface area (Å²) in [5.74, 6) is 2.62. The molecule has 28 heavy (non-hydrogen) atoms. The summed E-state index contributed by atoms with van der Waals surface area (Å²) < 4.78 is 7.24. The highest BCUT2D eigenvalue weighted by Crippen LogP contribution is 2.40. The summed E-state index contributed by atoms with van der Waals surface area (Å²) >= 11 is 0. The van der Waals surface area contributed by atoms with Gasteiger partial charge in [-0.2, -0.15) is 10.1 Å². The molecule has 5 rings (SSSR count). The number of amides is 1. The van der Waals surface area contributed by atoms with Crippen LogP contribution in [0.5, 0.6) is 0 Å². The Kier molecular flexibility index (Phi) is 5.42. The van der Waals surface area contributed by atoms with E-state index in [2.05, 4.69) is 20.6 Å². The van der Waals surface area contributed by atoms with Gasteiger partial charge >= 0.3 is 0 Å². The van der Waals surface area contributed by atoms with Gasteiger partial charge in [0.15, 0.2) is 5.82 Å². The molecule has 1 N–H and O–H groups in total. The first-order chi connectivity index (χ1) is 13.2. The number of piperidine rings is 1. The zero-order valence-electron chi connectivity index (χ0n) is 16.1. The Hall–Kier alpha value is -1.93. The quantitative estimate of drug-likeness (QED) is 0.832. The van der Waals surface area contributed by atoms with E-state index in [1.54, 1.807) is 4.68 Å². The van der Waals surface area contributed by atoms with Gasteiger partial charge < -0.3 is 14.7 Å². The molecule has 3 aliphatic rings. The Balaban J connectivity index is 0.00000192. The van der Waals surface area contributed by atoms with Gasteiger partial charge in [0.1, 0.15) is 0 Å². The predicted octanol–water partition coefficient (Wildman–Crippen LogP) is 1.81. The highest BCUT2D eigenvalue weighted by atomic mass is 35.5. The zero-order chi connectivity index (χ0) is 18.4. The van der Waals surface area contributed by atoms with Crippen molar-refractivity contribution in [3.05, 3.63) is 29.7 Å². The van der Waals surface area contributed by atoms with Crippen LogP contribution in [0.1, 0.15) is 60.7 Å². The van der Waals surface area contributed by atoms with E-state index in [-0.39, 0.29) is 36.1 Å². The molecule has 0 radical (unpaired) electrons. The van der Waals surface area contributed by atoms with Crippen molar-refractivity contribution >= 4 is 18.3 Å². The van der Waals surface area contributed by atoms with Crippen molar-refractivity contribution < 1.29 is 9.32 Å². The molecule has 1 saturated carbocycles. The number of carbonyl (C=O) groups is 1. The topological polar surface area (TPSA) is 89.1 Å².